The number of carboxylic acid groups (broad SMARTS) is 1. The summed E-state index contributed by atoms with van der Waals surface area (Å²) in [5, 5.41) is 8.22. The Balaban J connectivity index is 0.000000385. The molecule has 0 fully saturated rings. The van der Waals surface area contributed by atoms with Gasteiger partial charge in [-0.1, -0.05) is 11.6 Å². The molecule has 1 N–H and O–H groups in total. The minimum atomic E-state index is -1.17. The zero-order chi connectivity index (χ0) is 12.7. The van der Waals surface area contributed by atoms with Crippen LogP contribution in [0.15, 0.2) is 6.20 Å². The van der Waals surface area contributed by atoms with Gasteiger partial charge in [-0.2, -0.15) is 0 Å². The molecule has 0 spiro atoms. The van der Waals surface area contributed by atoms with E-state index in [0.29, 0.717) is 0 Å². The maximum atomic E-state index is 10.3. The van der Waals surface area contributed by atoms with Crippen molar-refractivity contribution in [2.45, 2.75) is 0 Å². The van der Waals surface area contributed by atoms with E-state index in [4.69, 9.17) is 28.3 Å². The first-order valence-corrected chi connectivity index (χ1v) is 4.67. The summed E-state index contributed by atoms with van der Waals surface area (Å²) in [5.41, 5.74) is -0.156. The lowest BCUT2D eigenvalue weighted by molar-refractivity contribution is -0.115. The summed E-state index contributed by atoms with van der Waals surface area (Å²) in [4.78, 5) is 28.1. The molecular formula is C8H9Cl2N3O3. The molecule has 1 amide bonds. The van der Waals surface area contributed by atoms with Crippen LogP contribution in [-0.4, -0.2) is 46.4 Å². The van der Waals surface area contributed by atoms with Crippen molar-refractivity contribution in [3.63, 3.8) is 0 Å². The van der Waals surface area contributed by atoms with E-state index in [0.717, 1.165) is 12.6 Å². The van der Waals surface area contributed by atoms with E-state index in [1.165, 1.54) is 4.90 Å². The third-order valence-electron chi connectivity index (χ3n) is 1.15. The lowest BCUT2D eigenvalue weighted by Gasteiger charge is -1.95. The smallest absolute Gasteiger partial charge is 0.340 e. The fourth-order valence-corrected chi connectivity index (χ4v) is 0.871. The van der Waals surface area contributed by atoms with Crippen LogP contribution >= 0.6 is 23.2 Å². The van der Waals surface area contributed by atoms with Crippen LogP contribution in [0.5, 0.6) is 0 Å². The first kappa shape index (κ1) is 14.6. The predicted octanol–water partition coefficient (Wildman–Crippen LogP) is 1.19. The van der Waals surface area contributed by atoms with Crippen molar-refractivity contribution >= 4 is 35.6 Å². The zero-order valence-corrected chi connectivity index (χ0v) is 10.0. The molecule has 1 aromatic rings. The Hall–Kier alpha value is -1.40. The lowest BCUT2D eigenvalue weighted by Crippen LogP contribution is -2.06. The van der Waals surface area contributed by atoms with Gasteiger partial charge in [0.25, 0.3) is 0 Å². The fraction of sp³-hybridized carbons (Fsp3) is 0.250. The van der Waals surface area contributed by atoms with Gasteiger partial charge in [0.15, 0.2) is 0 Å². The van der Waals surface area contributed by atoms with E-state index in [2.05, 4.69) is 9.97 Å². The summed E-state index contributed by atoms with van der Waals surface area (Å²) < 4.78 is 0. The molecule has 0 saturated heterocycles. The van der Waals surface area contributed by atoms with Crippen molar-refractivity contribution in [1.82, 2.24) is 14.9 Å². The predicted molar refractivity (Wildman–Crippen MR) is 58.8 cm³/mol. The van der Waals surface area contributed by atoms with Crippen LogP contribution in [0.25, 0.3) is 0 Å². The van der Waals surface area contributed by atoms with Gasteiger partial charge in [0, 0.05) is 20.3 Å². The van der Waals surface area contributed by atoms with E-state index in [1.807, 2.05) is 0 Å². The molecule has 16 heavy (non-hydrogen) atoms. The van der Waals surface area contributed by atoms with Crippen molar-refractivity contribution in [3.8, 4) is 0 Å². The van der Waals surface area contributed by atoms with Gasteiger partial charge in [0.05, 0.1) is 0 Å². The largest absolute Gasteiger partial charge is 0.478 e. The number of carbonyl (C=O) groups is 2. The number of aromatic nitrogens is 2. The molecular weight excluding hydrogens is 257 g/mol. The second-order valence-electron chi connectivity index (χ2n) is 2.72. The number of rotatable bonds is 2. The molecule has 1 aromatic heterocycles. The molecule has 88 valence electrons. The third kappa shape index (κ3) is 5.47. The number of hydrogen-bond donors (Lipinski definition) is 1. The molecule has 0 aromatic carbocycles. The van der Waals surface area contributed by atoms with E-state index >= 15 is 0 Å². The number of carbonyl (C=O) groups excluding carboxylic acids is 1. The van der Waals surface area contributed by atoms with Crippen LogP contribution in [0.1, 0.15) is 10.4 Å². The van der Waals surface area contributed by atoms with Crippen LogP contribution in [0.3, 0.4) is 0 Å². The Morgan fingerprint density at radius 1 is 1.50 bits per heavy atom. The minimum absolute atomic E-state index is 0.0694. The number of hydrogen-bond acceptors (Lipinski definition) is 4. The maximum Gasteiger partial charge on any atom is 0.340 e. The highest BCUT2D eigenvalue weighted by Gasteiger charge is 2.10. The number of amides is 1. The number of aromatic carboxylic acids is 1. The molecule has 0 radical (unpaired) electrons. The fourth-order valence-electron chi connectivity index (χ4n) is 0.485. The van der Waals surface area contributed by atoms with E-state index in [9.17, 15) is 9.59 Å². The van der Waals surface area contributed by atoms with Crippen molar-refractivity contribution in [3.05, 3.63) is 22.2 Å². The van der Waals surface area contributed by atoms with Gasteiger partial charge in [0.2, 0.25) is 11.7 Å². The number of nitrogens with zero attached hydrogens (tertiary/aromatic N) is 3. The first-order valence-electron chi connectivity index (χ1n) is 3.91. The summed E-state index contributed by atoms with van der Waals surface area (Å²) in [6.07, 6.45) is 1.81. The Labute approximate surface area is 102 Å². The van der Waals surface area contributed by atoms with Gasteiger partial charge in [0.1, 0.15) is 10.7 Å². The molecule has 8 heteroatoms. The Kier molecular flexibility index (Phi) is 6.36. The Bertz CT molecular complexity index is 385. The third-order valence-corrected chi connectivity index (χ3v) is 1.62. The van der Waals surface area contributed by atoms with Gasteiger partial charge in [-0.25, -0.2) is 14.8 Å². The Morgan fingerprint density at radius 2 is 2.00 bits per heavy atom. The summed E-state index contributed by atoms with van der Waals surface area (Å²) in [6.45, 7) is 0. The summed E-state index contributed by atoms with van der Waals surface area (Å²) >= 11 is 10.7. The van der Waals surface area contributed by atoms with Crippen molar-refractivity contribution in [1.29, 1.82) is 0 Å². The van der Waals surface area contributed by atoms with Gasteiger partial charge in [-0.15, -0.1) is 0 Å². The summed E-state index contributed by atoms with van der Waals surface area (Å²) in [6, 6.07) is 0. The second-order valence-corrected chi connectivity index (χ2v) is 3.41. The van der Waals surface area contributed by atoms with Crippen molar-refractivity contribution in [2.24, 2.45) is 0 Å². The van der Waals surface area contributed by atoms with Gasteiger partial charge >= 0.3 is 5.97 Å². The minimum Gasteiger partial charge on any atom is -0.478 e. The quantitative estimate of drug-likeness (QED) is 0.493. The van der Waals surface area contributed by atoms with Crippen molar-refractivity contribution < 1.29 is 14.7 Å². The average Bonchev–Trinajstić information content (AvgIpc) is 2.17. The van der Waals surface area contributed by atoms with Crippen LogP contribution < -0.4 is 0 Å². The average molecular weight is 266 g/mol. The molecule has 6 nitrogen and oxygen atoms in total. The van der Waals surface area contributed by atoms with Crippen molar-refractivity contribution in [2.75, 3.05) is 14.1 Å². The molecule has 0 aliphatic carbocycles. The van der Waals surface area contributed by atoms with E-state index in [1.54, 1.807) is 14.1 Å². The van der Waals surface area contributed by atoms with Crippen LogP contribution in [0.2, 0.25) is 10.4 Å². The summed E-state index contributed by atoms with van der Waals surface area (Å²) in [7, 11) is 3.38. The number of carboxylic acids is 1. The van der Waals surface area contributed by atoms with Crippen LogP contribution in [-0.2, 0) is 4.79 Å². The molecule has 0 bridgehead atoms. The highest BCUT2D eigenvalue weighted by Crippen LogP contribution is 2.13. The zero-order valence-electron chi connectivity index (χ0n) is 8.52. The Morgan fingerprint density at radius 3 is 2.31 bits per heavy atom. The van der Waals surface area contributed by atoms with Gasteiger partial charge < -0.3 is 10.0 Å². The van der Waals surface area contributed by atoms with E-state index in [-0.39, 0.29) is 16.0 Å². The first-order chi connectivity index (χ1) is 7.38. The SMILES string of the molecule is CN(C)C=O.O=C(O)c1cnc(Cl)nc1Cl. The molecule has 0 aliphatic heterocycles. The second kappa shape index (κ2) is 6.97. The maximum absolute atomic E-state index is 10.3. The van der Waals surface area contributed by atoms with E-state index < -0.39 is 5.97 Å². The molecule has 0 unspecified atom stereocenters. The monoisotopic (exact) mass is 265 g/mol. The molecule has 0 aliphatic rings. The number of halogens is 2. The summed E-state index contributed by atoms with van der Waals surface area (Å²) in [5.74, 6) is -1.17. The molecule has 1 rings (SSSR count). The highest BCUT2D eigenvalue weighted by molar-refractivity contribution is 6.33. The highest BCUT2D eigenvalue weighted by atomic mass is 35.5. The van der Waals surface area contributed by atoms with Crippen LogP contribution in [0.4, 0.5) is 0 Å². The standard InChI is InChI=1S/C5H2Cl2N2O2.C3H7NO/c6-3-2(4(10)11)1-8-5(7)9-3;1-4(2)3-5/h1H,(H,10,11);3H,1-2H3. The van der Waals surface area contributed by atoms with Crippen LogP contribution in [0, 0.1) is 0 Å². The lowest BCUT2D eigenvalue weighted by atomic mass is 10.3. The molecule has 0 atom stereocenters. The van der Waals surface area contributed by atoms with Gasteiger partial charge in [-0.05, 0) is 11.6 Å². The topological polar surface area (TPSA) is 83.4 Å². The van der Waals surface area contributed by atoms with Gasteiger partial charge in [-0.3, -0.25) is 4.79 Å². The molecule has 0 saturated carbocycles. The normalized spacial score (nSPS) is 8.75. The molecule has 1 heterocycles.